The maximum absolute atomic E-state index is 9.06. The van der Waals surface area contributed by atoms with E-state index in [1.54, 1.807) is 0 Å². The molecule has 3 atom stereocenters. The van der Waals surface area contributed by atoms with Crippen molar-refractivity contribution < 1.29 is 0 Å². The molecule has 1 nitrogen and oxygen atoms in total. The van der Waals surface area contributed by atoms with Crippen molar-refractivity contribution in [3.05, 3.63) is 0 Å². The van der Waals surface area contributed by atoms with E-state index in [4.69, 9.17) is 5.26 Å². The fourth-order valence-electron chi connectivity index (χ4n) is 2.21. The average molecular weight is 244 g/mol. The van der Waals surface area contributed by atoms with Crippen LogP contribution in [0.1, 0.15) is 40.0 Å². The number of hydrogen-bond donors (Lipinski definition) is 0. The largest absolute Gasteiger partial charge is 0.198 e. The number of nitriles is 1. The van der Waals surface area contributed by atoms with Gasteiger partial charge in [0, 0.05) is 4.83 Å². The molecule has 1 saturated carbocycles. The third kappa shape index (κ3) is 2.47. The van der Waals surface area contributed by atoms with Gasteiger partial charge in [-0.1, -0.05) is 29.3 Å². The Morgan fingerprint density at radius 1 is 1.38 bits per heavy atom. The maximum Gasteiger partial charge on any atom is 0.0687 e. The summed E-state index contributed by atoms with van der Waals surface area (Å²) in [6.07, 6.45) is 3.69. The Morgan fingerprint density at radius 2 is 2.00 bits per heavy atom. The van der Waals surface area contributed by atoms with Crippen molar-refractivity contribution >= 4 is 15.9 Å². The smallest absolute Gasteiger partial charge is 0.0687 e. The Labute approximate surface area is 89.6 Å². The Morgan fingerprint density at radius 3 is 2.46 bits per heavy atom. The van der Waals surface area contributed by atoms with E-state index >= 15 is 0 Å². The third-order valence-electron chi connectivity index (χ3n) is 3.25. The van der Waals surface area contributed by atoms with Crippen LogP contribution in [0, 0.1) is 28.6 Å². The molecule has 1 aliphatic carbocycles. The normalized spacial score (nSPS) is 35.5. The molecule has 2 heteroatoms. The Kier molecular flexibility index (Phi) is 3.40. The van der Waals surface area contributed by atoms with Crippen molar-refractivity contribution in [2.75, 3.05) is 0 Å². The molecule has 0 aliphatic heterocycles. The summed E-state index contributed by atoms with van der Waals surface area (Å²) in [4.78, 5) is 0.533. The second kappa shape index (κ2) is 4.00. The predicted molar refractivity (Wildman–Crippen MR) is 58.6 cm³/mol. The van der Waals surface area contributed by atoms with E-state index in [0.29, 0.717) is 10.7 Å². The predicted octanol–water partition coefficient (Wildman–Crippen LogP) is 3.74. The highest BCUT2D eigenvalue weighted by Gasteiger charge is 2.37. The van der Waals surface area contributed by atoms with Crippen LogP contribution in [-0.4, -0.2) is 4.83 Å². The molecule has 0 saturated heterocycles. The lowest BCUT2D eigenvalue weighted by Crippen LogP contribution is -2.34. The first-order chi connectivity index (χ1) is 5.97. The lowest BCUT2D eigenvalue weighted by molar-refractivity contribution is 0.198. The summed E-state index contributed by atoms with van der Waals surface area (Å²) in [5.41, 5.74) is -0.172. The number of hydrogen-bond acceptors (Lipinski definition) is 1. The topological polar surface area (TPSA) is 23.8 Å². The highest BCUT2D eigenvalue weighted by molar-refractivity contribution is 9.09. The molecule has 74 valence electrons. The third-order valence-corrected chi connectivity index (χ3v) is 4.26. The summed E-state index contributed by atoms with van der Waals surface area (Å²) in [5.74, 6) is 1.34. The number of nitrogens with zero attached hydrogens (tertiary/aromatic N) is 1. The SMILES string of the molecule is CC1CCC(C(C)(C)C#N)C(Br)C1. The number of rotatable bonds is 1. The molecule has 3 unspecified atom stereocenters. The van der Waals surface area contributed by atoms with Crippen molar-refractivity contribution in [3.8, 4) is 6.07 Å². The van der Waals surface area contributed by atoms with Crippen LogP contribution in [0.25, 0.3) is 0 Å². The zero-order valence-corrected chi connectivity index (χ0v) is 10.3. The molecule has 13 heavy (non-hydrogen) atoms. The molecule has 0 radical (unpaired) electrons. The monoisotopic (exact) mass is 243 g/mol. The van der Waals surface area contributed by atoms with Crippen molar-refractivity contribution in [1.29, 1.82) is 5.26 Å². The van der Waals surface area contributed by atoms with Crippen LogP contribution in [0.4, 0.5) is 0 Å². The summed E-state index contributed by atoms with van der Waals surface area (Å²) in [5, 5.41) is 9.06. The quantitative estimate of drug-likeness (QED) is 0.644. The van der Waals surface area contributed by atoms with Gasteiger partial charge in [-0.2, -0.15) is 5.26 Å². The fraction of sp³-hybridized carbons (Fsp3) is 0.909. The van der Waals surface area contributed by atoms with Gasteiger partial charge in [-0.3, -0.25) is 0 Å². The van der Waals surface area contributed by atoms with Crippen LogP contribution in [0.15, 0.2) is 0 Å². The van der Waals surface area contributed by atoms with Crippen LogP contribution in [0.5, 0.6) is 0 Å². The van der Waals surface area contributed by atoms with E-state index in [2.05, 4.69) is 42.8 Å². The number of halogens is 1. The molecule has 0 bridgehead atoms. The maximum atomic E-state index is 9.06. The van der Waals surface area contributed by atoms with Crippen molar-refractivity contribution in [3.63, 3.8) is 0 Å². The standard InChI is InChI=1S/C11H18BrN/c1-8-4-5-9(10(12)6-8)11(2,3)7-13/h8-10H,4-6H2,1-3H3. The Bertz CT molecular complexity index is 217. The highest BCUT2D eigenvalue weighted by atomic mass is 79.9. The molecule has 0 aromatic rings. The molecule has 1 fully saturated rings. The molecule has 0 N–H and O–H groups in total. The van der Waals surface area contributed by atoms with Gasteiger partial charge in [0.25, 0.3) is 0 Å². The molecular weight excluding hydrogens is 226 g/mol. The minimum atomic E-state index is -0.172. The highest BCUT2D eigenvalue weighted by Crippen LogP contribution is 2.43. The van der Waals surface area contributed by atoms with Gasteiger partial charge in [-0.15, -0.1) is 0 Å². The summed E-state index contributed by atoms with van der Waals surface area (Å²) < 4.78 is 0. The van der Waals surface area contributed by atoms with Crippen LogP contribution in [0.2, 0.25) is 0 Å². The molecule has 1 rings (SSSR count). The van der Waals surface area contributed by atoms with Crippen LogP contribution in [0.3, 0.4) is 0 Å². The summed E-state index contributed by atoms with van der Waals surface area (Å²) in [7, 11) is 0. The lowest BCUT2D eigenvalue weighted by atomic mass is 9.70. The van der Waals surface area contributed by atoms with Gasteiger partial charge in [0.15, 0.2) is 0 Å². The van der Waals surface area contributed by atoms with Crippen molar-refractivity contribution in [1.82, 2.24) is 0 Å². The van der Waals surface area contributed by atoms with Gasteiger partial charge in [0.2, 0.25) is 0 Å². The zero-order chi connectivity index (χ0) is 10.1. The van der Waals surface area contributed by atoms with Gasteiger partial charge < -0.3 is 0 Å². The van der Waals surface area contributed by atoms with Gasteiger partial charge in [-0.25, -0.2) is 0 Å². The van der Waals surface area contributed by atoms with E-state index in [9.17, 15) is 0 Å². The summed E-state index contributed by atoms with van der Waals surface area (Å²) >= 11 is 3.72. The second-order valence-electron chi connectivity index (χ2n) is 4.87. The van der Waals surface area contributed by atoms with Gasteiger partial charge in [-0.05, 0) is 38.5 Å². The van der Waals surface area contributed by atoms with Crippen LogP contribution >= 0.6 is 15.9 Å². The molecule has 0 spiro atoms. The van der Waals surface area contributed by atoms with E-state index in [1.807, 2.05) is 0 Å². The first-order valence-corrected chi connectivity index (χ1v) is 5.94. The average Bonchev–Trinajstić information content (AvgIpc) is 2.03. The van der Waals surface area contributed by atoms with Crippen LogP contribution < -0.4 is 0 Å². The molecule has 0 heterocycles. The van der Waals surface area contributed by atoms with E-state index in [1.165, 1.54) is 19.3 Å². The number of alkyl halides is 1. The van der Waals surface area contributed by atoms with Gasteiger partial charge in [0.1, 0.15) is 0 Å². The van der Waals surface area contributed by atoms with Crippen molar-refractivity contribution in [2.45, 2.75) is 44.9 Å². The van der Waals surface area contributed by atoms with E-state index in [0.717, 1.165) is 5.92 Å². The molecule has 0 aromatic heterocycles. The Hall–Kier alpha value is -0.0300. The first-order valence-electron chi connectivity index (χ1n) is 5.02. The second-order valence-corrected chi connectivity index (χ2v) is 6.05. The Balaban J connectivity index is 2.67. The molecule has 0 aromatic carbocycles. The minimum absolute atomic E-state index is 0.172. The first kappa shape index (κ1) is 11.0. The summed E-state index contributed by atoms with van der Waals surface area (Å²) in [6, 6.07) is 2.43. The molecule has 0 amide bonds. The lowest BCUT2D eigenvalue weighted by Gasteiger charge is -2.38. The van der Waals surface area contributed by atoms with E-state index < -0.39 is 0 Å². The van der Waals surface area contributed by atoms with Gasteiger partial charge in [0.05, 0.1) is 11.5 Å². The van der Waals surface area contributed by atoms with E-state index in [-0.39, 0.29) is 5.41 Å². The van der Waals surface area contributed by atoms with Crippen LogP contribution in [-0.2, 0) is 0 Å². The fourth-order valence-corrected chi connectivity index (χ4v) is 3.77. The zero-order valence-electron chi connectivity index (χ0n) is 8.68. The molecule has 1 aliphatic rings. The summed E-state index contributed by atoms with van der Waals surface area (Å²) in [6.45, 7) is 6.41. The molecular formula is C11H18BrN. The van der Waals surface area contributed by atoms with Gasteiger partial charge >= 0.3 is 0 Å². The minimum Gasteiger partial charge on any atom is -0.198 e. The van der Waals surface area contributed by atoms with Crippen molar-refractivity contribution in [2.24, 2.45) is 17.3 Å².